The average molecular weight is 220 g/mol. The summed E-state index contributed by atoms with van der Waals surface area (Å²) in [5.74, 6) is 0.341. The number of hydrogen-bond donors (Lipinski definition) is 1. The molecule has 0 saturated heterocycles. The number of fused-ring (bicyclic) bond motifs is 1. The van der Waals surface area contributed by atoms with Gasteiger partial charge in [-0.3, -0.25) is 0 Å². The van der Waals surface area contributed by atoms with Gasteiger partial charge in [-0.25, -0.2) is 0 Å². The molecule has 0 amide bonds. The van der Waals surface area contributed by atoms with Crippen LogP contribution in [0.1, 0.15) is 18.4 Å². The van der Waals surface area contributed by atoms with Crippen molar-refractivity contribution >= 4 is 22.4 Å². The van der Waals surface area contributed by atoms with Crippen molar-refractivity contribution in [3.8, 4) is 0 Å². The molecule has 0 aliphatic carbocycles. The van der Waals surface area contributed by atoms with Crippen LogP contribution in [0.2, 0.25) is 5.02 Å². The first-order valence-electron chi connectivity index (χ1n) is 5.11. The van der Waals surface area contributed by atoms with E-state index in [0.717, 1.165) is 10.4 Å². The van der Waals surface area contributed by atoms with E-state index in [2.05, 4.69) is 31.2 Å². The van der Waals surface area contributed by atoms with Crippen molar-refractivity contribution < 1.29 is 0 Å². The molecule has 0 radical (unpaired) electrons. The zero-order valence-corrected chi connectivity index (χ0v) is 9.46. The first kappa shape index (κ1) is 10.5. The molecule has 0 aliphatic rings. The summed E-state index contributed by atoms with van der Waals surface area (Å²) in [7, 11) is 0. The maximum absolute atomic E-state index is 6.22. The van der Waals surface area contributed by atoms with Crippen LogP contribution in [0.25, 0.3) is 10.8 Å². The molecule has 0 bridgehead atoms. The van der Waals surface area contributed by atoms with Crippen LogP contribution in [-0.4, -0.2) is 6.54 Å². The second-order valence-corrected chi connectivity index (χ2v) is 4.23. The monoisotopic (exact) mass is 219 g/mol. The van der Waals surface area contributed by atoms with Crippen molar-refractivity contribution in [2.24, 2.45) is 5.73 Å². The van der Waals surface area contributed by atoms with Crippen molar-refractivity contribution in [1.29, 1.82) is 0 Å². The minimum absolute atomic E-state index is 0.341. The van der Waals surface area contributed by atoms with E-state index in [1.54, 1.807) is 0 Å². The summed E-state index contributed by atoms with van der Waals surface area (Å²) in [6, 6.07) is 12.2. The summed E-state index contributed by atoms with van der Waals surface area (Å²) < 4.78 is 0. The largest absolute Gasteiger partial charge is 0.330 e. The van der Waals surface area contributed by atoms with Crippen LogP contribution in [0.15, 0.2) is 36.4 Å². The Labute approximate surface area is 94.9 Å². The standard InChI is InChI=1S/C13H14ClN/c1-9(8-15)11-6-2-4-10-5-3-7-12(14)13(10)11/h2-7,9H,8,15H2,1H3. The molecule has 78 valence electrons. The maximum atomic E-state index is 6.22. The third kappa shape index (κ3) is 1.85. The number of hydrogen-bond acceptors (Lipinski definition) is 1. The molecular weight excluding hydrogens is 206 g/mol. The Morgan fingerprint density at radius 3 is 2.53 bits per heavy atom. The van der Waals surface area contributed by atoms with Gasteiger partial charge in [-0.05, 0) is 29.5 Å². The molecule has 15 heavy (non-hydrogen) atoms. The molecule has 2 heteroatoms. The van der Waals surface area contributed by atoms with Crippen LogP contribution in [0, 0.1) is 0 Å². The van der Waals surface area contributed by atoms with Gasteiger partial charge in [0.1, 0.15) is 0 Å². The summed E-state index contributed by atoms with van der Waals surface area (Å²) >= 11 is 6.22. The molecule has 2 rings (SSSR count). The molecule has 1 nitrogen and oxygen atoms in total. The van der Waals surface area contributed by atoms with Gasteiger partial charge < -0.3 is 5.73 Å². The van der Waals surface area contributed by atoms with Gasteiger partial charge in [-0.2, -0.15) is 0 Å². The lowest BCUT2D eigenvalue weighted by atomic mass is 9.95. The number of rotatable bonds is 2. The van der Waals surface area contributed by atoms with Gasteiger partial charge in [0.15, 0.2) is 0 Å². The fourth-order valence-corrected chi connectivity index (χ4v) is 2.15. The van der Waals surface area contributed by atoms with Crippen molar-refractivity contribution in [1.82, 2.24) is 0 Å². The molecule has 0 saturated carbocycles. The lowest BCUT2D eigenvalue weighted by molar-refractivity contribution is 0.781. The minimum atomic E-state index is 0.341. The number of halogens is 1. The van der Waals surface area contributed by atoms with E-state index in [9.17, 15) is 0 Å². The Kier molecular flexibility index (Phi) is 2.94. The van der Waals surface area contributed by atoms with E-state index in [0.29, 0.717) is 12.5 Å². The number of nitrogens with two attached hydrogens (primary N) is 1. The SMILES string of the molecule is CC(CN)c1cccc2cccc(Cl)c12. The second-order valence-electron chi connectivity index (χ2n) is 3.82. The Bertz CT molecular complexity index is 474. The number of benzene rings is 2. The topological polar surface area (TPSA) is 26.0 Å². The Hall–Kier alpha value is -1.05. The highest BCUT2D eigenvalue weighted by molar-refractivity contribution is 6.35. The van der Waals surface area contributed by atoms with Crippen molar-refractivity contribution in [3.63, 3.8) is 0 Å². The highest BCUT2D eigenvalue weighted by Gasteiger charge is 2.09. The zero-order chi connectivity index (χ0) is 10.8. The maximum Gasteiger partial charge on any atom is 0.0487 e. The highest BCUT2D eigenvalue weighted by atomic mass is 35.5. The third-order valence-corrected chi connectivity index (χ3v) is 3.09. The smallest absolute Gasteiger partial charge is 0.0487 e. The molecule has 2 aromatic rings. The van der Waals surface area contributed by atoms with Crippen molar-refractivity contribution in [2.75, 3.05) is 6.54 Å². The molecule has 2 N–H and O–H groups in total. The first-order valence-corrected chi connectivity index (χ1v) is 5.49. The third-order valence-electron chi connectivity index (χ3n) is 2.77. The van der Waals surface area contributed by atoms with E-state index in [4.69, 9.17) is 17.3 Å². The average Bonchev–Trinajstić information content (AvgIpc) is 2.28. The van der Waals surface area contributed by atoms with E-state index in [-0.39, 0.29) is 0 Å². The van der Waals surface area contributed by atoms with Gasteiger partial charge in [0, 0.05) is 10.4 Å². The van der Waals surface area contributed by atoms with Gasteiger partial charge in [-0.1, -0.05) is 48.9 Å². The van der Waals surface area contributed by atoms with Crippen LogP contribution in [0.5, 0.6) is 0 Å². The predicted molar refractivity (Wildman–Crippen MR) is 66.4 cm³/mol. The Morgan fingerprint density at radius 1 is 1.20 bits per heavy atom. The molecule has 0 heterocycles. The normalized spacial score (nSPS) is 13.0. The summed E-state index contributed by atoms with van der Waals surface area (Å²) in [4.78, 5) is 0. The lowest BCUT2D eigenvalue weighted by Gasteiger charge is -2.13. The molecular formula is C13H14ClN. The molecule has 1 unspecified atom stereocenters. The minimum Gasteiger partial charge on any atom is -0.330 e. The van der Waals surface area contributed by atoms with Crippen molar-refractivity contribution in [3.05, 3.63) is 47.0 Å². The predicted octanol–water partition coefficient (Wildman–Crippen LogP) is 3.56. The second kappa shape index (κ2) is 4.21. The fourth-order valence-electron chi connectivity index (χ4n) is 1.86. The van der Waals surface area contributed by atoms with E-state index in [1.807, 2.05) is 12.1 Å². The molecule has 0 spiro atoms. The van der Waals surface area contributed by atoms with Gasteiger partial charge in [0.2, 0.25) is 0 Å². The van der Waals surface area contributed by atoms with Crippen LogP contribution in [-0.2, 0) is 0 Å². The summed E-state index contributed by atoms with van der Waals surface area (Å²) in [5, 5.41) is 3.13. The molecule has 0 aliphatic heterocycles. The fraction of sp³-hybridized carbons (Fsp3) is 0.231. The Morgan fingerprint density at radius 2 is 1.87 bits per heavy atom. The van der Waals surface area contributed by atoms with E-state index >= 15 is 0 Å². The molecule has 0 aromatic heterocycles. The van der Waals surface area contributed by atoms with Crippen LogP contribution in [0.4, 0.5) is 0 Å². The van der Waals surface area contributed by atoms with Crippen LogP contribution >= 0.6 is 11.6 Å². The van der Waals surface area contributed by atoms with Gasteiger partial charge in [-0.15, -0.1) is 0 Å². The van der Waals surface area contributed by atoms with Crippen molar-refractivity contribution in [2.45, 2.75) is 12.8 Å². The lowest BCUT2D eigenvalue weighted by Crippen LogP contribution is -2.09. The zero-order valence-electron chi connectivity index (χ0n) is 8.70. The van der Waals surface area contributed by atoms with E-state index in [1.165, 1.54) is 10.9 Å². The molecule has 0 fully saturated rings. The quantitative estimate of drug-likeness (QED) is 0.821. The molecule has 2 aromatic carbocycles. The highest BCUT2D eigenvalue weighted by Crippen LogP contribution is 2.30. The van der Waals surface area contributed by atoms with Crippen LogP contribution < -0.4 is 5.73 Å². The Balaban J connectivity index is 2.74. The summed E-state index contributed by atoms with van der Waals surface area (Å²) in [6.45, 7) is 2.77. The molecule has 1 atom stereocenters. The summed E-state index contributed by atoms with van der Waals surface area (Å²) in [5.41, 5.74) is 6.94. The van der Waals surface area contributed by atoms with Gasteiger partial charge in [0.05, 0.1) is 0 Å². The first-order chi connectivity index (χ1) is 7.24. The van der Waals surface area contributed by atoms with Gasteiger partial charge >= 0.3 is 0 Å². The van der Waals surface area contributed by atoms with Gasteiger partial charge in [0.25, 0.3) is 0 Å². The van der Waals surface area contributed by atoms with E-state index < -0.39 is 0 Å². The van der Waals surface area contributed by atoms with Crippen LogP contribution in [0.3, 0.4) is 0 Å². The summed E-state index contributed by atoms with van der Waals surface area (Å²) in [6.07, 6.45) is 0.